The number of fused-ring (bicyclic) bond motifs is 1. The van der Waals surface area contributed by atoms with Crippen LogP contribution in [0, 0.1) is 11.6 Å². The summed E-state index contributed by atoms with van der Waals surface area (Å²) >= 11 is 0. The number of carbonyl (C=O) groups excluding carboxylic acids is 1. The Morgan fingerprint density at radius 3 is 2.60 bits per heavy atom. The molecule has 4 nitrogen and oxygen atoms in total. The number of nitrogens with zero attached hydrogens (tertiary/aromatic N) is 2. The van der Waals surface area contributed by atoms with E-state index in [1.165, 1.54) is 24.3 Å². The van der Waals surface area contributed by atoms with E-state index in [1.807, 2.05) is 36.2 Å². The first-order valence-electron chi connectivity index (χ1n) is 12.2. The van der Waals surface area contributed by atoms with Crippen molar-refractivity contribution in [2.75, 3.05) is 31.6 Å². The fourth-order valence-corrected chi connectivity index (χ4v) is 4.71. The fourth-order valence-electron chi connectivity index (χ4n) is 4.71. The van der Waals surface area contributed by atoms with E-state index in [0.717, 1.165) is 41.7 Å². The predicted molar refractivity (Wildman–Crippen MR) is 135 cm³/mol. The van der Waals surface area contributed by atoms with E-state index >= 15 is 0 Å². The van der Waals surface area contributed by atoms with Gasteiger partial charge >= 0.3 is 0 Å². The zero-order chi connectivity index (χ0) is 24.8. The molecule has 0 saturated heterocycles. The third-order valence-corrected chi connectivity index (χ3v) is 6.34. The molecule has 1 aliphatic rings. The molecule has 3 aromatic carbocycles. The molecule has 184 valence electrons. The van der Waals surface area contributed by atoms with Gasteiger partial charge in [0.25, 0.3) is 0 Å². The SMILES string of the molecule is CCCOc1cccc(CN(C)CC(=O)N2CCCC(c3ccc(F)cc3)c3ccc(F)cc32)c1. The Kier molecular flexibility index (Phi) is 8.13. The summed E-state index contributed by atoms with van der Waals surface area (Å²) < 4.78 is 33.5. The first-order valence-corrected chi connectivity index (χ1v) is 12.2. The van der Waals surface area contributed by atoms with E-state index in [-0.39, 0.29) is 30.0 Å². The Labute approximate surface area is 206 Å². The normalized spacial score (nSPS) is 15.6. The number of benzene rings is 3. The van der Waals surface area contributed by atoms with Crippen LogP contribution in [-0.4, -0.2) is 37.6 Å². The van der Waals surface area contributed by atoms with Crippen molar-refractivity contribution in [3.8, 4) is 5.75 Å². The van der Waals surface area contributed by atoms with Crippen molar-refractivity contribution in [1.82, 2.24) is 4.90 Å². The molecule has 0 spiro atoms. The van der Waals surface area contributed by atoms with Gasteiger partial charge in [-0.1, -0.05) is 37.3 Å². The molecular weight excluding hydrogens is 446 g/mol. The van der Waals surface area contributed by atoms with Gasteiger partial charge in [0.2, 0.25) is 5.91 Å². The van der Waals surface area contributed by atoms with Crippen LogP contribution in [0.1, 0.15) is 48.8 Å². The molecule has 1 unspecified atom stereocenters. The van der Waals surface area contributed by atoms with Crippen LogP contribution >= 0.6 is 0 Å². The van der Waals surface area contributed by atoms with Gasteiger partial charge in [0.05, 0.1) is 18.8 Å². The Hall–Kier alpha value is -3.25. The number of ether oxygens (including phenoxy) is 1. The number of amides is 1. The molecule has 1 heterocycles. The van der Waals surface area contributed by atoms with Crippen LogP contribution in [-0.2, 0) is 11.3 Å². The van der Waals surface area contributed by atoms with Gasteiger partial charge in [-0.15, -0.1) is 0 Å². The summed E-state index contributed by atoms with van der Waals surface area (Å²) in [6.45, 7) is 4.05. The molecule has 3 aromatic rings. The summed E-state index contributed by atoms with van der Waals surface area (Å²) in [4.78, 5) is 17.1. The number of anilines is 1. The lowest BCUT2D eigenvalue weighted by atomic mass is 9.87. The van der Waals surface area contributed by atoms with Crippen molar-refractivity contribution < 1.29 is 18.3 Å². The van der Waals surface area contributed by atoms with Gasteiger partial charge < -0.3 is 9.64 Å². The van der Waals surface area contributed by atoms with Gasteiger partial charge in [-0.2, -0.15) is 0 Å². The van der Waals surface area contributed by atoms with Crippen molar-refractivity contribution >= 4 is 11.6 Å². The highest BCUT2D eigenvalue weighted by atomic mass is 19.1. The summed E-state index contributed by atoms with van der Waals surface area (Å²) in [5, 5.41) is 0. The van der Waals surface area contributed by atoms with Crippen LogP contribution in [0.15, 0.2) is 66.7 Å². The maximum absolute atomic E-state index is 14.3. The van der Waals surface area contributed by atoms with E-state index < -0.39 is 0 Å². The van der Waals surface area contributed by atoms with Gasteiger partial charge in [0.1, 0.15) is 17.4 Å². The molecule has 35 heavy (non-hydrogen) atoms. The maximum Gasteiger partial charge on any atom is 0.241 e. The number of likely N-dealkylation sites (N-methyl/N-ethyl adjacent to an activating group) is 1. The second kappa shape index (κ2) is 11.5. The minimum atomic E-state index is -0.376. The third-order valence-electron chi connectivity index (χ3n) is 6.34. The first kappa shape index (κ1) is 24.9. The lowest BCUT2D eigenvalue weighted by molar-refractivity contribution is -0.119. The summed E-state index contributed by atoms with van der Waals surface area (Å²) in [5.74, 6) is 0.0699. The number of carbonyl (C=O) groups is 1. The van der Waals surface area contributed by atoms with Crippen LogP contribution in [0.5, 0.6) is 5.75 Å². The van der Waals surface area contributed by atoms with E-state index in [1.54, 1.807) is 23.1 Å². The largest absolute Gasteiger partial charge is 0.494 e. The average molecular weight is 479 g/mol. The van der Waals surface area contributed by atoms with E-state index in [9.17, 15) is 13.6 Å². The van der Waals surface area contributed by atoms with Gasteiger partial charge in [-0.3, -0.25) is 9.69 Å². The molecule has 4 rings (SSSR count). The Morgan fingerprint density at radius 1 is 1.06 bits per heavy atom. The zero-order valence-electron chi connectivity index (χ0n) is 20.3. The molecule has 1 atom stereocenters. The van der Waals surface area contributed by atoms with E-state index in [2.05, 4.69) is 6.92 Å². The van der Waals surface area contributed by atoms with Crippen LogP contribution in [0.25, 0.3) is 0 Å². The maximum atomic E-state index is 14.3. The van der Waals surface area contributed by atoms with Crippen LogP contribution in [0.3, 0.4) is 0 Å². The van der Waals surface area contributed by atoms with E-state index in [0.29, 0.717) is 25.4 Å². The van der Waals surface area contributed by atoms with Crippen LogP contribution in [0.4, 0.5) is 14.5 Å². The summed E-state index contributed by atoms with van der Waals surface area (Å²) in [6.07, 6.45) is 2.51. The van der Waals surface area contributed by atoms with Gasteiger partial charge in [-0.25, -0.2) is 8.78 Å². The summed E-state index contributed by atoms with van der Waals surface area (Å²) in [5.41, 5.74) is 3.53. The molecule has 0 bridgehead atoms. The highest BCUT2D eigenvalue weighted by molar-refractivity contribution is 5.96. The van der Waals surface area contributed by atoms with Crippen molar-refractivity contribution in [3.05, 3.63) is 95.1 Å². The Balaban J connectivity index is 1.51. The lowest BCUT2D eigenvalue weighted by Gasteiger charge is -2.27. The molecule has 0 radical (unpaired) electrons. The second-order valence-electron chi connectivity index (χ2n) is 9.16. The average Bonchev–Trinajstić information content (AvgIpc) is 3.03. The number of hydrogen-bond donors (Lipinski definition) is 0. The number of rotatable bonds is 8. The Morgan fingerprint density at radius 2 is 1.83 bits per heavy atom. The summed E-state index contributed by atoms with van der Waals surface area (Å²) in [7, 11) is 1.91. The third kappa shape index (κ3) is 6.25. The van der Waals surface area contributed by atoms with Crippen molar-refractivity contribution in [2.24, 2.45) is 0 Å². The molecule has 6 heteroatoms. The monoisotopic (exact) mass is 478 g/mol. The second-order valence-corrected chi connectivity index (χ2v) is 9.16. The zero-order valence-corrected chi connectivity index (χ0v) is 20.3. The highest BCUT2D eigenvalue weighted by Crippen LogP contribution is 2.39. The lowest BCUT2D eigenvalue weighted by Crippen LogP contribution is -2.39. The quantitative estimate of drug-likeness (QED) is 0.390. The minimum Gasteiger partial charge on any atom is -0.494 e. The molecule has 0 saturated carbocycles. The van der Waals surface area contributed by atoms with E-state index in [4.69, 9.17) is 4.74 Å². The van der Waals surface area contributed by atoms with Gasteiger partial charge in [-0.05, 0) is 79.4 Å². The van der Waals surface area contributed by atoms with Gasteiger partial charge in [0, 0.05) is 19.0 Å². The van der Waals surface area contributed by atoms with Crippen LogP contribution in [0.2, 0.25) is 0 Å². The molecular formula is C29H32F2N2O2. The molecule has 0 fully saturated rings. The first-order chi connectivity index (χ1) is 16.9. The Bertz CT molecular complexity index is 1150. The van der Waals surface area contributed by atoms with Crippen molar-refractivity contribution in [2.45, 2.75) is 38.6 Å². The molecule has 0 N–H and O–H groups in total. The smallest absolute Gasteiger partial charge is 0.241 e. The number of halogens is 2. The molecule has 1 amide bonds. The summed E-state index contributed by atoms with van der Waals surface area (Å²) in [6, 6.07) is 19.0. The fraction of sp³-hybridized carbons (Fsp3) is 0.345. The van der Waals surface area contributed by atoms with Crippen LogP contribution < -0.4 is 9.64 Å². The standard InChI is InChI=1S/C29H32F2N2O2/c1-3-16-35-25-7-4-6-21(17-25)19-32(2)20-29(34)33-15-5-8-26(22-9-11-23(30)12-10-22)27-14-13-24(31)18-28(27)33/h4,6-7,9-14,17-18,26H,3,5,8,15-16,19-20H2,1-2H3. The highest BCUT2D eigenvalue weighted by Gasteiger charge is 2.28. The van der Waals surface area contributed by atoms with Crippen molar-refractivity contribution in [1.29, 1.82) is 0 Å². The van der Waals surface area contributed by atoms with Gasteiger partial charge in [0.15, 0.2) is 0 Å². The van der Waals surface area contributed by atoms with Crippen molar-refractivity contribution in [3.63, 3.8) is 0 Å². The minimum absolute atomic E-state index is 0.0207. The predicted octanol–water partition coefficient (Wildman–Crippen LogP) is 6.14. The number of hydrogen-bond acceptors (Lipinski definition) is 3. The topological polar surface area (TPSA) is 32.8 Å². The molecule has 1 aliphatic heterocycles. The molecule has 0 aromatic heterocycles. The molecule has 0 aliphatic carbocycles.